The van der Waals surface area contributed by atoms with Crippen molar-refractivity contribution in [2.24, 2.45) is 0 Å². The number of benzene rings is 2. The van der Waals surface area contributed by atoms with Crippen LogP contribution in [0.1, 0.15) is 35.6 Å². The van der Waals surface area contributed by atoms with Crippen LogP contribution in [-0.2, 0) is 17.8 Å². The first-order valence-electron chi connectivity index (χ1n) is 9.99. The fraction of sp³-hybridized carbons (Fsp3) is 0.292. The third-order valence-corrected chi connectivity index (χ3v) is 5.95. The maximum Gasteiger partial charge on any atom is 0.336 e. The molecule has 0 saturated carbocycles. The summed E-state index contributed by atoms with van der Waals surface area (Å²) in [6.07, 6.45) is 1.17. The maximum absolute atomic E-state index is 13.1. The Bertz CT molecular complexity index is 1200. The van der Waals surface area contributed by atoms with Crippen molar-refractivity contribution < 1.29 is 14.0 Å². The smallest absolute Gasteiger partial charge is 0.336 e. The lowest BCUT2D eigenvalue weighted by molar-refractivity contribution is -0.131. The number of hydrogen-bond acceptors (Lipinski definition) is 4. The first kappa shape index (κ1) is 19.9. The summed E-state index contributed by atoms with van der Waals surface area (Å²) in [5.41, 5.74) is 2.61. The first-order chi connectivity index (χ1) is 14.3. The van der Waals surface area contributed by atoms with E-state index in [1.165, 1.54) is 11.0 Å². The number of amides is 3. The SMILES string of the molecule is Cc1ccc2c(CN3C(=O)NC(C)(CCc4ccccc4)C3=O)cc(=O)oc2c1C. The molecule has 2 heterocycles. The summed E-state index contributed by atoms with van der Waals surface area (Å²) >= 11 is 0. The van der Waals surface area contributed by atoms with Crippen LogP contribution in [0, 0.1) is 13.8 Å². The quantitative estimate of drug-likeness (QED) is 0.517. The Kier molecular flexibility index (Phi) is 4.94. The van der Waals surface area contributed by atoms with Gasteiger partial charge in [0.05, 0.1) is 6.54 Å². The Hall–Kier alpha value is -3.41. The van der Waals surface area contributed by atoms with Crippen molar-refractivity contribution in [3.8, 4) is 0 Å². The van der Waals surface area contributed by atoms with Crippen LogP contribution in [-0.4, -0.2) is 22.4 Å². The lowest BCUT2D eigenvalue weighted by atomic mass is 9.93. The van der Waals surface area contributed by atoms with Gasteiger partial charge in [-0.1, -0.05) is 42.5 Å². The standard InChI is InChI=1S/C24H24N2O4/c1-15-9-10-19-18(13-20(27)30-21(19)16(15)2)14-26-22(28)24(3,25-23(26)29)12-11-17-7-5-4-6-8-17/h4-10,13H,11-12,14H2,1-3H3,(H,25,29). The van der Waals surface area contributed by atoms with E-state index in [0.717, 1.165) is 22.1 Å². The van der Waals surface area contributed by atoms with Crippen molar-refractivity contribution in [3.63, 3.8) is 0 Å². The summed E-state index contributed by atoms with van der Waals surface area (Å²) in [6, 6.07) is 14.6. The number of urea groups is 1. The molecular formula is C24H24N2O4. The molecule has 1 saturated heterocycles. The Morgan fingerprint density at radius 1 is 1.03 bits per heavy atom. The van der Waals surface area contributed by atoms with Gasteiger partial charge < -0.3 is 9.73 Å². The van der Waals surface area contributed by atoms with Crippen molar-refractivity contribution in [1.82, 2.24) is 10.2 Å². The Morgan fingerprint density at radius 3 is 2.50 bits per heavy atom. The minimum absolute atomic E-state index is 0.0240. The summed E-state index contributed by atoms with van der Waals surface area (Å²) < 4.78 is 5.40. The summed E-state index contributed by atoms with van der Waals surface area (Å²) in [6.45, 7) is 5.60. The number of nitrogens with one attached hydrogen (secondary N) is 1. The largest absolute Gasteiger partial charge is 0.422 e. The second-order valence-corrected chi connectivity index (χ2v) is 8.11. The number of carbonyl (C=O) groups is 2. The van der Waals surface area contributed by atoms with Crippen LogP contribution in [0.2, 0.25) is 0 Å². The van der Waals surface area contributed by atoms with E-state index in [1.807, 2.05) is 56.3 Å². The molecule has 0 aliphatic carbocycles. The van der Waals surface area contributed by atoms with Crippen molar-refractivity contribution >= 4 is 22.9 Å². The molecule has 3 aromatic rings. The molecular weight excluding hydrogens is 380 g/mol. The minimum Gasteiger partial charge on any atom is -0.422 e. The van der Waals surface area contributed by atoms with Crippen LogP contribution < -0.4 is 10.9 Å². The van der Waals surface area contributed by atoms with Crippen LogP contribution in [0.15, 0.2) is 57.7 Å². The third kappa shape index (κ3) is 3.49. The lowest BCUT2D eigenvalue weighted by Gasteiger charge is -2.22. The second kappa shape index (κ2) is 7.44. The van der Waals surface area contributed by atoms with Crippen molar-refractivity contribution in [3.05, 3.63) is 81.2 Å². The fourth-order valence-corrected chi connectivity index (χ4v) is 3.92. The Morgan fingerprint density at radius 2 is 1.77 bits per heavy atom. The number of carbonyl (C=O) groups excluding carboxylic acids is 2. The zero-order valence-corrected chi connectivity index (χ0v) is 17.3. The van der Waals surface area contributed by atoms with Gasteiger partial charge in [0.25, 0.3) is 5.91 Å². The highest BCUT2D eigenvalue weighted by atomic mass is 16.4. The molecule has 1 unspecified atom stereocenters. The first-order valence-corrected chi connectivity index (χ1v) is 9.99. The average molecular weight is 404 g/mol. The average Bonchev–Trinajstić information content (AvgIpc) is 2.94. The zero-order chi connectivity index (χ0) is 21.5. The second-order valence-electron chi connectivity index (χ2n) is 8.11. The molecule has 4 rings (SSSR count). The molecule has 1 atom stereocenters. The number of fused-ring (bicyclic) bond motifs is 1. The lowest BCUT2D eigenvalue weighted by Crippen LogP contribution is -2.44. The van der Waals surface area contributed by atoms with Crippen LogP contribution in [0.3, 0.4) is 0 Å². The van der Waals surface area contributed by atoms with Gasteiger partial charge in [-0.05, 0) is 55.9 Å². The van der Waals surface area contributed by atoms with Crippen LogP contribution in [0.4, 0.5) is 4.79 Å². The number of hydrogen-bond donors (Lipinski definition) is 1. The molecule has 1 aliphatic rings. The molecule has 0 spiro atoms. The number of nitrogens with zero attached hydrogens (tertiary/aromatic N) is 1. The summed E-state index contributed by atoms with van der Waals surface area (Å²) in [7, 11) is 0. The van der Waals surface area contributed by atoms with Gasteiger partial charge >= 0.3 is 11.7 Å². The van der Waals surface area contributed by atoms with Crippen LogP contribution in [0.25, 0.3) is 11.0 Å². The molecule has 154 valence electrons. The molecule has 1 N–H and O–H groups in total. The van der Waals surface area contributed by atoms with Crippen LogP contribution >= 0.6 is 0 Å². The van der Waals surface area contributed by atoms with E-state index in [0.29, 0.717) is 24.0 Å². The van der Waals surface area contributed by atoms with Crippen molar-refractivity contribution in [2.75, 3.05) is 0 Å². The molecule has 6 nitrogen and oxygen atoms in total. The van der Waals surface area contributed by atoms with E-state index in [1.54, 1.807) is 6.92 Å². The van der Waals surface area contributed by atoms with Crippen molar-refractivity contribution in [2.45, 2.75) is 45.7 Å². The van der Waals surface area contributed by atoms with Gasteiger partial charge in [0.15, 0.2) is 0 Å². The predicted octanol–water partition coefficient (Wildman–Crippen LogP) is 3.85. The fourth-order valence-electron chi connectivity index (χ4n) is 3.92. The Labute approximate surface area is 174 Å². The summed E-state index contributed by atoms with van der Waals surface area (Å²) in [5.74, 6) is -0.284. The molecule has 0 bridgehead atoms. The van der Waals surface area contributed by atoms with Gasteiger partial charge in [0, 0.05) is 11.5 Å². The number of rotatable bonds is 5. The maximum atomic E-state index is 13.1. The van der Waals surface area contributed by atoms with E-state index >= 15 is 0 Å². The molecule has 3 amide bonds. The molecule has 2 aromatic carbocycles. The molecule has 6 heteroatoms. The topological polar surface area (TPSA) is 79.6 Å². The molecule has 30 heavy (non-hydrogen) atoms. The molecule has 1 aliphatic heterocycles. The highest BCUT2D eigenvalue weighted by Crippen LogP contribution is 2.28. The van der Waals surface area contributed by atoms with Crippen LogP contribution in [0.5, 0.6) is 0 Å². The third-order valence-electron chi connectivity index (χ3n) is 5.95. The molecule has 0 radical (unpaired) electrons. The van der Waals surface area contributed by atoms with Gasteiger partial charge in [-0.25, -0.2) is 9.59 Å². The molecule has 1 fully saturated rings. The van der Waals surface area contributed by atoms with Gasteiger partial charge in [0.2, 0.25) is 0 Å². The highest BCUT2D eigenvalue weighted by Gasteiger charge is 2.47. The zero-order valence-electron chi connectivity index (χ0n) is 17.3. The van der Waals surface area contributed by atoms with Gasteiger partial charge in [0.1, 0.15) is 11.1 Å². The predicted molar refractivity (Wildman–Crippen MR) is 114 cm³/mol. The number of aryl methyl sites for hydroxylation is 3. The Balaban J connectivity index is 1.61. The van der Waals surface area contributed by atoms with E-state index in [4.69, 9.17) is 4.42 Å². The normalized spacial score (nSPS) is 18.8. The monoisotopic (exact) mass is 404 g/mol. The van der Waals surface area contributed by atoms with E-state index in [2.05, 4.69) is 5.32 Å². The van der Waals surface area contributed by atoms with E-state index < -0.39 is 17.2 Å². The van der Waals surface area contributed by atoms with E-state index in [-0.39, 0.29) is 12.5 Å². The highest BCUT2D eigenvalue weighted by molar-refractivity contribution is 6.07. The van der Waals surface area contributed by atoms with Gasteiger partial charge in [-0.15, -0.1) is 0 Å². The van der Waals surface area contributed by atoms with Gasteiger partial charge in [-0.3, -0.25) is 9.69 Å². The number of imide groups is 1. The molecule has 1 aromatic heterocycles. The minimum atomic E-state index is -0.977. The van der Waals surface area contributed by atoms with E-state index in [9.17, 15) is 14.4 Å². The summed E-state index contributed by atoms with van der Waals surface area (Å²) in [5, 5.41) is 3.57. The van der Waals surface area contributed by atoms with Crippen molar-refractivity contribution in [1.29, 1.82) is 0 Å². The van der Waals surface area contributed by atoms with Gasteiger partial charge in [-0.2, -0.15) is 0 Å². The summed E-state index contributed by atoms with van der Waals surface area (Å²) in [4.78, 5) is 39.1.